The van der Waals surface area contributed by atoms with Crippen molar-refractivity contribution in [2.45, 2.75) is 644 Å². The molecule has 15 heteroatoms. The first-order valence-corrected chi connectivity index (χ1v) is 59.3. The zero-order valence-electron chi connectivity index (χ0n) is 89.9. The van der Waals surface area contributed by atoms with Crippen LogP contribution in [0.5, 0.6) is 0 Å². The van der Waals surface area contributed by atoms with E-state index >= 15 is 9.59 Å². The molecule has 0 aromatic carbocycles. The van der Waals surface area contributed by atoms with Crippen LogP contribution in [0.2, 0.25) is 0 Å². The summed E-state index contributed by atoms with van der Waals surface area (Å²) in [6.07, 6.45) is 83.0. The molecule has 0 aliphatic heterocycles. The Bertz CT molecular complexity index is 2250. The van der Waals surface area contributed by atoms with Gasteiger partial charge in [0, 0.05) is 71.1 Å². The molecule has 0 bridgehead atoms. The maximum absolute atomic E-state index is 16.4. The van der Waals surface area contributed by atoms with E-state index < -0.39 is 66.6 Å². The lowest BCUT2D eigenvalue weighted by atomic mass is 9.83. The summed E-state index contributed by atoms with van der Waals surface area (Å²) in [5.74, 6) is -2.55. The van der Waals surface area contributed by atoms with Crippen LogP contribution in [0.25, 0.3) is 0 Å². The predicted octanol–water partition coefficient (Wildman–Crippen LogP) is 30.7. The molecular formula is C117H234N4O11. The maximum Gasteiger partial charge on any atom is 0.306 e. The van der Waals surface area contributed by atoms with Crippen LogP contribution in [-0.2, 0) is 14.4 Å². The highest BCUT2D eigenvalue weighted by Gasteiger charge is 2.35. The minimum Gasteiger partial charge on any atom is -0.481 e. The molecule has 0 aromatic heterocycles. The number of ketones is 2. The van der Waals surface area contributed by atoms with E-state index in [4.69, 9.17) is 0 Å². The summed E-state index contributed by atoms with van der Waals surface area (Å²) in [6, 6.07) is -0.740. The van der Waals surface area contributed by atoms with Crippen molar-refractivity contribution in [1.82, 2.24) is 19.6 Å². The number of aliphatic hydroxyl groups is 7. The monoisotopic (exact) mass is 1870 g/mol. The summed E-state index contributed by atoms with van der Waals surface area (Å²) >= 11 is 0. The number of carboxylic acids is 1. The van der Waals surface area contributed by atoms with Gasteiger partial charge >= 0.3 is 5.97 Å². The number of carbonyl (C=O) groups excluding carboxylic acids is 2. The van der Waals surface area contributed by atoms with Gasteiger partial charge in [-0.3, -0.25) is 29.1 Å². The van der Waals surface area contributed by atoms with E-state index in [-0.39, 0.29) is 37.5 Å². The van der Waals surface area contributed by atoms with E-state index in [2.05, 4.69) is 81.9 Å². The van der Waals surface area contributed by atoms with Crippen molar-refractivity contribution in [3.63, 3.8) is 0 Å². The minimum absolute atomic E-state index is 0.0810. The van der Waals surface area contributed by atoms with E-state index in [1.165, 1.54) is 308 Å². The van der Waals surface area contributed by atoms with Crippen LogP contribution in [0.15, 0.2) is 0 Å². The topological polar surface area (TPSA) is 226 Å². The van der Waals surface area contributed by atoms with Gasteiger partial charge < -0.3 is 45.8 Å². The summed E-state index contributed by atoms with van der Waals surface area (Å²) < 4.78 is 0. The van der Waals surface area contributed by atoms with Crippen molar-refractivity contribution < 1.29 is 55.2 Å². The van der Waals surface area contributed by atoms with Gasteiger partial charge in [-0.2, -0.15) is 0 Å². The molecular weight excluding hydrogens is 1640 g/mol. The van der Waals surface area contributed by atoms with Crippen molar-refractivity contribution in [3.05, 3.63) is 0 Å². The molecule has 0 amide bonds. The largest absolute Gasteiger partial charge is 0.481 e. The third-order valence-electron chi connectivity index (χ3n) is 29.4. The SMILES string of the molecule is CCCCCCCCCCC(C)CN(CCCCC(CC(=O)C(CCCCN(CC(O)CCCCCCCCCC)CC(O)CCCCCCCCCC)CC(=O)C(CCCCN(CC(O)CCCCCCCCCC)CC(O)CCCCCCCCCC)N(CC(O)CCCCCCCCCC)CC(O)CCCCCCCCCC)C(=O)O)CC(O)CCCCCCCCCC. The Morgan fingerprint density at radius 2 is 0.379 bits per heavy atom. The molecule has 0 saturated carbocycles. The molecule has 0 rings (SSSR count). The summed E-state index contributed by atoms with van der Waals surface area (Å²) in [5, 5.41) is 94.8. The zero-order chi connectivity index (χ0) is 96.9. The standard InChI is InChI=1S/C117H234N4O11/c1-10-18-26-34-42-50-58-66-80-104(9)96-118(97-107(122)83-67-59-51-43-35-27-19-11-2)91-78-75-82-106(117(131)132)95-115(129)105(81-74-77-92-119(98-108(123)84-68-60-52-44-36-28-20-12-3)99-109(124)85-69-61-53-45-37-29-21-13-4)94-116(130)114(121(102-112(127)88-72-64-56-48-40-32-24-16-7)103-113(128)89-73-65-57-49-41-33-25-17-8)90-76-79-93-120(100-110(125)86-70-62-54-46-38-30-22-14-5)101-111(126)87-71-63-55-47-39-31-23-15-6/h104-114,122-128H,10-103H2,1-9H3,(H,131,132). The average Bonchev–Trinajstić information content (AvgIpc) is 0.838. The van der Waals surface area contributed by atoms with E-state index in [9.17, 15) is 45.6 Å². The number of hydrogen-bond donors (Lipinski definition) is 8. The van der Waals surface area contributed by atoms with Crippen molar-refractivity contribution in [1.29, 1.82) is 0 Å². The average molecular weight is 1870 g/mol. The van der Waals surface area contributed by atoms with E-state index in [0.29, 0.717) is 142 Å². The number of aliphatic hydroxyl groups excluding tert-OH is 7. The molecule has 0 aliphatic rings. The van der Waals surface area contributed by atoms with Crippen molar-refractivity contribution in [2.24, 2.45) is 17.8 Å². The Balaban J connectivity index is 8.05. The predicted molar refractivity (Wildman–Crippen MR) is 569 cm³/mol. The van der Waals surface area contributed by atoms with Crippen LogP contribution >= 0.6 is 0 Å². The molecule has 0 spiro atoms. The van der Waals surface area contributed by atoms with Gasteiger partial charge in [-0.1, -0.05) is 493 Å². The molecule has 11 unspecified atom stereocenters. The number of aliphatic carboxylic acids is 1. The molecule has 0 aromatic rings. The lowest BCUT2D eigenvalue weighted by molar-refractivity contribution is -0.144. The van der Waals surface area contributed by atoms with Crippen LogP contribution in [0.4, 0.5) is 0 Å². The summed E-state index contributed by atoms with van der Waals surface area (Å²) in [6.45, 7) is 26.1. The van der Waals surface area contributed by atoms with Crippen molar-refractivity contribution >= 4 is 17.5 Å². The van der Waals surface area contributed by atoms with Gasteiger partial charge in [0.1, 0.15) is 5.78 Å². The molecule has 15 nitrogen and oxygen atoms in total. The number of Topliss-reactive ketones (excluding diaryl/α,β-unsaturated/α-hetero) is 2. The fourth-order valence-electron chi connectivity index (χ4n) is 20.7. The first-order chi connectivity index (χ1) is 64.3. The van der Waals surface area contributed by atoms with Gasteiger partial charge in [-0.15, -0.1) is 0 Å². The van der Waals surface area contributed by atoms with Crippen LogP contribution in [0.3, 0.4) is 0 Å². The van der Waals surface area contributed by atoms with Gasteiger partial charge in [-0.25, -0.2) is 0 Å². The number of nitrogens with zero attached hydrogens (tertiary/aromatic N) is 4. The summed E-state index contributed by atoms with van der Waals surface area (Å²) in [5.41, 5.74) is 0. The molecule has 0 heterocycles. The molecule has 11 atom stereocenters. The third-order valence-corrected chi connectivity index (χ3v) is 29.4. The first-order valence-electron chi connectivity index (χ1n) is 59.3. The van der Waals surface area contributed by atoms with Gasteiger partial charge in [0.15, 0.2) is 5.78 Å². The maximum atomic E-state index is 16.4. The van der Waals surface area contributed by atoms with Gasteiger partial charge in [0.25, 0.3) is 0 Å². The Hall–Kier alpha value is -1.63. The number of carbonyl (C=O) groups is 3. The smallest absolute Gasteiger partial charge is 0.306 e. The van der Waals surface area contributed by atoms with Crippen LogP contribution in [0, 0.1) is 17.8 Å². The molecule has 8 N–H and O–H groups in total. The number of hydrogen-bond acceptors (Lipinski definition) is 14. The van der Waals surface area contributed by atoms with Crippen LogP contribution in [0.1, 0.15) is 595 Å². The molecule has 0 aliphatic carbocycles. The summed E-state index contributed by atoms with van der Waals surface area (Å²) in [4.78, 5) is 55.0. The van der Waals surface area contributed by atoms with Gasteiger partial charge in [-0.05, 0) is 115 Å². The fraction of sp³-hybridized carbons (Fsp3) is 0.974. The first kappa shape index (κ1) is 130. The normalized spacial score (nSPS) is 14.7. The Morgan fingerprint density at radius 3 is 0.614 bits per heavy atom. The van der Waals surface area contributed by atoms with E-state index in [1.54, 1.807) is 0 Å². The highest BCUT2D eigenvalue weighted by atomic mass is 16.4. The van der Waals surface area contributed by atoms with E-state index in [0.717, 1.165) is 135 Å². The number of unbranched alkanes of at least 4 members (excludes halogenated alkanes) is 59. The Labute approximate surface area is 821 Å². The third kappa shape index (κ3) is 86.3. The second kappa shape index (κ2) is 99.5. The molecule has 0 radical (unpaired) electrons. The van der Waals surface area contributed by atoms with Crippen LogP contribution in [-0.4, -0.2) is 199 Å². The van der Waals surface area contributed by atoms with Crippen molar-refractivity contribution in [3.8, 4) is 0 Å². The van der Waals surface area contributed by atoms with E-state index in [1.807, 2.05) is 0 Å². The second-order valence-corrected chi connectivity index (χ2v) is 43.1. The van der Waals surface area contributed by atoms with Gasteiger partial charge in [0.05, 0.1) is 54.7 Å². The second-order valence-electron chi connectivity index (χ2n) is 43.1. The molecule has 0 saturated heterocycles. The van der Waals surface area contributed by atoms with Gasteiger partial charge in [0.2, 0.25) is 0 Å². The van der Waals surface area contributed by atoms with Crippen molar-refractivity contribution in [2.75, 3.05) is 72.0 Å². The quantitative estimate of drug-likeness (QED) is 0.0265. The number of carboxylic acid groups (broad SMARTS) is 1. The fourth-order valence-corrected chi connectivity index (χ4v) is 20.7. The molecule has 0 fully saturated rings. The summed E-state index contributed by atoms with van der Waals surface area (Å²) in [7, 11) is 0. The Kier molecular flexibility index (Phi) is 98.3. The molecule has 788 valence electrons. The number of rotatable bonds is 111. The lowest BCUT2D eigenvalue weighted by Crippen LogP contribution is -2.49. The lowest BCUT2D eigenvalue weighted by Gasteiger charge is -2.35. The zero-order valence-corrected chi connectivity index (χ0v) is 89.9. The molecule has 132 heavy (non-hydrogen) atoms. The highest BCUT2D eigenvalue weighted by molar-refractivity contribution is 5.92. The van der Waals surface area contributed by atoms with Crippen LogP contribution < -0.4 is 0 Å². The highest BCUT2D eigenvalue weighted by Crippen LogP contribution is 2.29. The minimum atomic E-state index is -0.993. The Morgan fingerprint density at radius 1 is 0.197 bits per heavy atom.